The van der Waals surface area contributed by atoms with Gasteiger partial charge in [0, 0.05) is 44.6 Å². The molecule has 2 aliphatic heterocycles. The second-order valence-corrected chi connectivity index (χ2v) is 7.24. The van der Waals surface area contributed by atoms with E-state index in [-0.39, 0.29) is 11.9 Å². The summed E-state index contributed by atoms with van der Waals surface area (Å²) in [6, 6.07) is 4.17. The second-order valence-electron chi connectivity index (χ2n) is 7.24. The van der Waals surface area contributed by atoms with Crippen molar-refractivity contribution in [3.05, 3.63) is 47.0 Å². The summed E-state index contributed by atoms with van der Waals surface area (Å²) in [7, 11) is 0. The maximum atomic E-state index is 15.1. The average molecular weight is 339 g/mol. The van der Waals surface area contributed by atoms with Crippen LogP contribution in [0.25, 0.3) is 0 Å². The zero-order chi connectivity index (χ0) is 16.8. The highest BCUT2D eigenvalue weighted by molar-refractivity contribution is 5.58. The second kappa shape index (κ2) is 6.04. The lowest BCUT2D eigenvalue weighted by atomic mass is 9.90. The SMILES string of the molecule is Fc1c(Nc2ncc(C3CC3)cn2)ccc2c1CCN1CCNCC21. The summed E-state index contributed by atoms with van der Waals surface area (Å²) < 4.78 is 15.1. The van der Waals surface area contributed by atoms with Crippen LogP contribution in [0.3, 0.4) is 0 Å². The van der Waals surface area contributed by atoms with Gasteiger partial charge in [-0.25, -0.2) is 14.4 Å². The van der Waals surface area contributed by atoms with Crippen LogP contribution < -0.4 is 10.6 Å². The van der Waals surface area contributed by atoms with E-state index in [9.17, 15) is 0 Å². The van der Waals surface area contributed by atoms with Crippen molar-refractivity contribution in [3.8, 4) is 0 Å². The largest absolute Gasteiger partial charge is 0.322 e. The van der Waals surface area contributed by atoms with Crippen LogP contribution in [0.15, 0.2) is 24.5 Å². The van der Waals surface area contributed by atoms with E-state index in [2.05, 4.69) is 31.6 Å². The lowest BCUT2D eigenvalue weighted by molar-refractivity contribution is 0.150. The fraction of sp³-hybridized carbons (Fsp3) is 0.474. The third-order valence-electron chi connectivity index (χ3n) is 5.61. The zero-order valence-corrected chi connectivity index (χ0v) is 14.1. The molecule has 1 aromatic carbocycles. The topological polar surface area (TPSA) is 53.1 Å². The van der Waals surface area contributed by atoms with Crippen LogP contribution in [0, 0.1) is 5.82 Å². The first kappa shape index (κ1) is 15.2. The van der Waals surface area contributed by atoms with E-state index >= 15 is 4.39 Å². The molecule has 130 valence electrons. The van der Waals surface area contributed by atoms with E-state index in [0.29, 0.717) is 17.6 Å². The fourth-order valence-corrected chi connectivity index (χ4v) is 4.03. The summed E-state index contributed by atoms with van der Waals surface area (Å²) in [6.45, 7) is 3.87. The van der Waals surface area contributed by atoms with E-state index < -0.39 is 0 Å². The van der Waals surface area contributed by atoms with Crippen LogP contribution in [0.1, 0.15) is 41.5 Å². The van der Waals surface area contributed by atoms with Gasteiger partial charge in [-0.05, 0) is 47.9 Å². The maximum absolute atomic E-state index is 15.1. The van der Waals surface area contributed by atoms with Crippen LogP contribution in [-0.2, 0) is 6.42 Å². The summed E-state index contributed by atoms with van der Waals surface area (Å²) in [5.41, 5.74) is 3.60. The van der Waals surface area contributed by atoms with E-state index in [1.54, 1.807) is 0 Å². The number of piperazine rings is 1. The van der Waals surface area contributed by atoms with Gasteiger partial charge in [0.1, 0.15) is 5.82 Å². The summed E-state index contributed by atoms with van der Waals surface area (Å²) in [4.78, 5) is 11.1. The summed E-state index contributed by atoms with van der Waals surface area (Å²) in [6.07, 6.45) is 6.92. The molecule has 6 heteroatoms. The molecule has 5 rings (SSSR count). The molecule has 1 atom stereocenters. The summed E-state index contributed by atoms with van der Waals surface area (Å²) in [5, 5.41) is 6.47. The number of nitrogens with one attached hydrogen (secondary N) is 2. The predicted molar refractivity (Wildman–Crippen MR) is 94.6 cm³/mol. The third-order valence-corrected chi connectivity index (χ3v) is 5.61. The first-order chi connectivity index (χ1) is 12.3. The molecule has 1 aromatic heterocycles. The maximum Gasteiger partial charge on any atom is 0.227 e. The number of anilines is 2. The molecule has 2 fully saturated rings. The first-order valence-electron chi connectivity index (χ1n) is 9.14. The van der Waals surface area contributed by atoms with Crippen LogP contribution >= 0.6 is 0 Å². The monoisotopic (exact) mass is 339 g/mol. The Morgan fingerprint density at radius 2 is 2.00 bits per heavy atom. The van der Waals surface area contributed by atoms with Gasteiger partial charge in [-0.2, -0.15) is 0 Å². The van der Waals surface area contributed by atoms with Crippen molar-refractivity contribution >= 4 is 11.6 Å². The molecule has 1 aliphatic carbocycles. The molecule has 0 amide bonds. The van der Waals surface area contributed by atoms with Gasteiger partial charge < -0.3 is 10.6 Å². The molecule has 5 nitrogen and oxygen atoms in total. The molecule has 0 spiro atoms. The van der Waals surface area contributed by atoms with Crippen LogP contribution in [-0.4, -0.2) is 41.0 Å². The number of rotatable bonds is 3. The number of aromatic nitrogens is 2. The Bertz CT molecular complexity index is 787. The standard InChI is InChI=1S/C19H22FN5/c20-18-15-5-7-25-8-6-21-11-17(25)14(15)3-4-16(18)24-19-22-9-13(10-23-19)12-1-2-12/h3-4,9-10,12,17,21H,1-2,5-8,11H2,(H,22,23,24). The Balaban J connectivity index is 1.41. The predicted octanol–water partition coefficient (Wildman–Crippen LogP) is 2.74. The Kier molecular flexibility index (Phi) is 3.68. The minimum Gasteiger partial charge on any atom is -0.322 e. The molecule has 1 saturated carbocycles. The van der Waals surface area contributed by atoms with Gasteiger partial charge in [-0.15, -0.1) is 0 Å². The molecular weight excluding hydrogens is 317 g/mol. The molecule has 25 heavy (non-hydrogen) atoms. The van der Waals surface area contributed by atoms with Crippen molar-refractivity contribution in [2.75, 3.05) is 31.5 Å². The van der Waals surface area contributed by atoms with Crippen molar-refractivity contribution in [1.82, 2.24) is 20.2 Å². The lowest BCUT2D eigenvalue weighted by Crippen LogP contribution is -2.49. The Morgan fingerprint density at radius 3 is 2.80 bits per heavy atom. The van der Waals surface area contributed by atoms with Gasteiger partial charge in [0.15, 0.2) is 0 Å². The van der Waals surface area contributed by atoms with E-state index in [0.717, 1.165) is 43.7 Å². The smallest absolute Gasteiger partial charge is 0.227 e. The van der Waals surface area contributed by atoms with Crippen LogP contribution in [0.2, 0.25) is 0 Å². The highest BCUT2D eigenvalue weighted by Crippen LogP contribution is 2.39. The molecule has 2 N–H and O–H groups in total. The van der Waals surface area contributed by atoms with Crippen molar-refractivity contribution in [2.45, 2.75) is 31.2 Å². The normalized spacial score (nSPS) is 23.0. The molecule has 1 unspecified atom stereocenters. The molecule has 3 aliphatic rings. The van der Waals surface area contributed by atoms with Gasteiger partial charge in [0.2, 0.25) is 5.95 Å². The summed E-state index contributed by atoms with van der Waals surface area (Å²) in [5.74, 6) is 0.930. The average Bonchev–Trinajstić information content (AvgIpc) is 3.49. The van der Waals surface area contributed by atoms with Crippen molar-refractivity contribution < 1.29 is 4.39 Å². The third kappa shape index (κ3) is 2.79. The van der Waals surface area contributed by atoms with E-state index in [1.165, 1.54) is 18.4 Å². The number of nitrogens with zero attached hydrogens (tertiary/aromatic N) is 3. The molecular formula is C19H22FN5. The van der Waals surface area contributed by atoms with Crippen molar-refractivity contribution in [2.24, 2.45) is 0 Å². The number of hydrogen-bond donors (Lipinski definition) is 2. The van der Waals surface area contributed by atoms with Gasteiger partial charge in [-0.1, -0.05) is 6.07 Å². The van der Waals surface area contributed by atoms with Crippen molar-refractivity contribution in [1.29, 1.82) is 0 Å². The molecule has 0 bridgehead atoms. The highest BCUT2D eigenvalue weighted by atomic mass is 19.1. The van der Waals surface area contributed by atoms with Gasteiger partial charge in [-0.3, -0.25) is 4.90 Å². The fourth-order valence-electron chi connectivity index (χ4n) is 4.03. The number of fused-ring (bicyclic) bond motifs is 3. The Labute approximate surface area is 146 Å². The Hall–Kier alpha value is -2.05. The number of hydrogen-bond acceptors (Lipinski definition) is 5. The quantitative estimate of drug-likeness (QED) is 0.901. The minimum atomic E-state index is -0.155. The number of halogens is 1. The summed E-state index contributed by atoms with van der Waals surface area (Å²) >= 11 is 0. The molecule has 0 radical (unpaired) electrons. The Morgan fingerprint density at radius 1 is 1.16 bits per heavy atom. The van der Waals surface area contributed by atoms with Crippen molar-refractivity contribution in [3.63, 3.8) is 0 Å². The zero-order valence-electron chi connectivity index (χ0n) is 14.1. The minimum absolute atomic E-state index is 0.155. The molecule has 2 aromatic rings. The van der Waals surface area contributed by atoms with Crippen LogP contribution in [0.5, 0.6) is 0 Å². The number of benzene rings is 1. The van der Waals surface area contributed by atoms with Gasteiger partial charge in [0.25, 0.3) is 0 Å². The highest BCUT2D eigenvalue weighted by Gasteiger charge is 2.31. The van der Waals surface area contributed by atoms with E-state index in [1.807, 2.05) is 18.5 Å². The van der Waals surface area contributed by atoms with Crippen LogP contribution in [0.4, 0.5) is 16.0 Å². The first-order valence-corrected chi connectivity index (χ1v) is 9.14. The van der Waals surface area contributed by atoms with Gasteiger partial charge in [0.05, 0.1) is 5.69 Å². The molecule has 1 saturated heterocycles. The lowest BCUT2D eigenvalue weighted by Gasteiger charge is -2.41. The van der Waals surface area contributed by atoms with Gasteiger partial charge >= 0.3 is 0 Å². The molecule has 3 heterocycles. The van der Waals surface area contributed by atoms with E-state index in [4.69, 9.17) is 0 Å².